The van der Waals surface area contributed by atoms with Crippen LogP contribution in [0.4, 0.5) is 5.82 Å². The zero-order valence-electron chi connectivity index (χ0n) is 7.43. The van der Waals surface area contributed by atoms with Gasteiger partial charge in [-0.2, -0.15) is 0 Å². The molecule has 0 N–H and O–H groups in total. The van der Waals surface area contributed by atoms with Gasteiger partial charge in [-0.3, -0.25) is 4.84 Å². The Hall–Kier alpha value is -0.870. The molecule has 3 rings (SSSR count). The van der Waals surface area contributed by atoms with Crippen LogP contribution in [0.15, 0.2) is 35.0 Å². The van der Waals surface area contributed by atoms with Crippen LogP contribution in [-0.4, -0.2) is 17.1 Å². The zero-order chi connectivity index (χ0) is 9.54. The number of aromatic nitrogens is 1. The topological polar surface area (TPSA) is 25.4 Å². The first-order valence-electron chi connectivity index (χ1n) is 4.59. The second kappa shape index (κ2) is 3.07. The van der Waals surface area contributed by atoms with Crippen LogP contribution < -0.4 is 5.06 Å². The first kappa shape index (κ1) is 8.44. The predicted octanol–water partition coefficient (Wildman–Crippen LogP) is 2.29. The summed E-state index contributed by atoms with van der Waals surface area (Å²) in [7, 11) is 0. The molecule has 1 fully saturated rings. The van der Waals surface area contributed by atoms with Crippen LogP contribution >= 0.6 is 15.9 Å². The molecule has 2 unspecified atom stereocenters. The zero-order valence-corrected chi connectivity index (χ0v) is 9.02. The van der Waals surface area contributed by atoms with Crippen molar-refractivity contribution in [1.82, 2.24) is 4.98 Å². The molecule has 1 aromatic rings. The number of hydrogen-bond donors (Lipinski definition) is 0. The summed E-state index contributed by atoms with van der Waals surface area (Å²) in [6.07, 6.45) is 7.38. The van der Waals surface area contributed by atoms with Crippen LogP contribution in [0.3, 0.4) is 0 Å². The van der Waals surface area contributed by atoms with Crippen LogP contribution in [0.1, 0.15) is 6.42 Å². The molecule has 4 heteroatoms. The van der Waals surface area contributed by atoms with Crippen LogP contribution in [0.5, 0.6) is 0 Å². The summed E-state index contributed by atoms with van der Waals surface area (Å²) in [6, 6.07) is 4.30. The first-order valence-corrected chi connectivity index (χ1v) is 5.38. The van der Waals surface area contributed by atoms with Gasteiger partial charge in [0.2, 0.25) is 0 Å². The molecule has 0 radical (unpaired) electrons. The molecule has 1 aromatic heterocycles. The maximum absolute atomic E-state index is 5.65. The van der Waals surface area contributed by atoms with Gasteiger partial charge in [-0.05, 0) is 28.1 Å². The normalized spacial score (nSPS) is 28.8. The van der Waals surface area contributed by atoms with Gasteiger partial charge in [0.1, 0.15) is 6.10 Å². The molecule has 1 aliphatic heterocycles. The Labute approximate surface area is 90.5 Å². The van der Waals surface area contributed by atoms with E-state index in [9.17, 15) is 0 Å². The van der Waals surface area contributed by atoms with E-state index in [0.29, 0.717) is 6.04 Å². The van der Waals surface area contributed by atoms with Gasteiger partial charge in [0.05, 0.1) is 6.04 Å². The van der Waals surface area contributed by atoms with E-state index >= 15 is 0 Å². The van der Waals surface area contributed by atoms with Gasteiger partial charge < -0.3 is 0 Å². The lowest BCUT2D eigenvalue weighted by Gasteiger charge is -2.23. The van der Waals surface area contributed by atoms with Crippen LogP contribution in [-0.2, 0) is 4.84 Å². The van der Waals surface area contributed by atoms with Crippen molar-refractivity contribution in [1.29, 1.82) is 0 Å². The minimum atomic E-state index is 0.255. The summed E-state index contributed by atoms with van der Waals surface area (Å²) < 4.78 is 0.987. The maximum Gasteiger partial charge on any atom is 0.153 e. The van der Waals surface area contributed by atoms with E-state index in [4.69, 9.17) is 4.84 Å². The molecular weight excluding hydrogens is 244 g/mol. The SMILES string of the molecule is Brc1ccc(N2OC3C=CC2C3)nc1. The van der Waals surface area contributed by atoms with E-state index < -0.39 is 0 Å². The van der Waals surface area contributed by atoms with Gasteiger partial charge in [-0.1, -0.05) is 12.2 Å². The molecule has 0 aromatic carbocycles. The van der Waals surface area contributed by atoms with Crippen molar-refractivity contribution in [2.45, 2.75) is 18.6 Å². The number of hydrogen-bond acceptors (Lipinski definition) is 3. The maximum atomic E-state index is 5.65. The third-order valence-corrected chi connectivity index (χ3v) is 2.98. The van der Waals surface area contributed by atoms with Gasteiger partial charge in [0.15, 0.2) is 5.82 Å². The van der Waals surface area contributed by atoms with Crippen LogP contribution in [0, 0.1) is 0 Å². The lowest BCUT2D eigenvalue weighted by atomic mass is 10.2. The lowest BCUT2D eigenvalue weighted by molar-refractivity contribution is 0.109. The Balaban J connectivity index is 1.90. The van der Waals surface area contributed by atoms with E-state index in [2.05, 4.69) is 33.1 Å². The minimum Gasteiger partial charge on any atom is -0.264 e. The van der Waals surface area contributed by atoms with Crippen molar-refractivity contribution in [3.63, 3.8) is 0 Å². The van der Waals surface area contributed by atoms with Crippen molar-refractivity contribution in [2.24, 2.45) is 0 Å². The van der Waals surface area contributed by atoms with E-state index in [1.165, 1.54) is 0 Å². The molecule has 3 nitrogen and oxygen atoms in total. The van der Waals surface area contributed by atoms with Crippen molar-refractivity contribution < 1.29 is 4.84 Å². The third kappa shape index (κ3) is 1.26. The Morgan fingerprint density at radius 1 is 1.43 bits per heavy atom. The quantitative estimate of drug-likeness (QED) is 0.718. The molecule has 1 saturated heterocycles. The average molecular weight is 253 g/mol. The monoisotopic (exact) mass is 252 g/mol. The van der Waals surface area contributed by atoms with Crippen LogP contribution in [0.25, 0.3) is 0 Å². The molecule has 14 heavy (non-hydrogen) atoms. The molecule has 0 spiro atoms. The predicted molar refractivity (Wildman–Crippen MR) is 56.8 cm³/mol. The molecule has 0 amide bonds. The highest BCUT2D eigenvalue weighted by Gasteiger charge is 2.35. The van der Waals surface area contributed by atoms with Gasteiger partial charge in [-0.15, -0.1) is 0 Å². The molecule has 0 saturated carbocycles. The Morgan fingerprint density at radius 3 is 2.93 bits per heavy atom. The fraction of sp³-hybridized carbons (Fsp3) is 0.300. The fourth-order valence-corrected chi connectivity index (χ4v) is 2.08. The van der Waals surface area contributed by atoms with Crippen molar-refractivity contribution in [2.75, 3.05) is 5.06 Å². The summed E-state index contributed by atoms with van der Waals surface area (Å²) in [5, 5.41) is 1.89. The van der Waals surface area contributed by atoms with E-state index in [1.54, 1.807) is 6.20 Å². The largest absolute Gasteiger partial charge is 0.264 e. The number of hydroxylamine groups is 1. The third-order valence-electron chi connectivity index (χ3n) is 2.51. The molecule has 72 valence electrons. The summed E-state index contributed by atoms with van der Waals surface area (Å²) in [4.78, 5) is 9.95. The molecular formula is C10H9BrN2O. The molecule has 2 atom stereocenters. The number of fused-ring (bicyclic) bond motifs is 2. The standard InChI is InChI=1S/C10H9BrN2O/c11-7-1-4-10(12-6-7)13-8-2-3-9(5-8)14-13/h1-4,6,8-9H,5H2. The summed E-state index contributed by atoms with van der Waals surface area (Å²) in [5.74, 6) is 0.880. The average Bonchev–Trinajstić information content (AvgIpc) is 2.80. The lowest BCUT2D eigenvalue weighted by Crippen LogP contribution is -2.28. The first-order chi connectivity index (χ1) is 6.83. The Bertz CT molecular complexity index is 376. The van der Waals surface area contributed by atoms with Gasteiger partial charge >= 0.3 is 0 Å². The van der Waals surface area contributed by atoms with E-state index in [-0.39, 0.29) is 6.10 Å². The molecule has 2 aliphatic rings. The molecule has 1 aliphatic carbocycles. The number of nitrogens with zero attached hydrogens (tertiary/aromatic N) is 2. The van der Waals surface area contributed by atoms with Gasteiger partial charge in [-0.25, -0.2) is 10.0 Å². The van der Waals surface area contributed by atoms with Crippen molar-refractivity contribution >= 4 is 21.7 Å². The van der Waals surface area contributed by atoms with Crippen molar-refractivity contribution in [3.05, 3.63) is 35.0 Å². The summed E-state index contributed by atoms with van der Waals surface area (Å²) in [6.45, 7) is 0. The summed E-state index contributed by atoms with van der Waals surface area (Å²) in [5.41, 5.74) is 0. The second-order valence-corrected chi connectivity index (χ2v) is 4.41. The smallest absolute Gasteiger partial charge is 0.153 e. The van der Waals surface area contributed by atoms with E-state index in [1.807, 2.05) is 17.2 Å². The fourth-order valence-electron chi connectivity index (χ4n) is 1.85. The second-order valence-electron chi connectivity index (χ2n) is 3.49. The molecule has 2 bridgehead atoms. The Kier molecular flexibility index (Phi) is 1.85. The highest BCUT2D eigenvalue weighted by Crippen LogP contribution is 2.32. The number of pyridine rings is 1. The van der Waals surface area contributed by atoms with Gasteiger partial charge in [0.25, 0.3) is 0 Å². The number of rotatable bonds is 1. The van der Waals surface area contributed by atoms with Crippen molar-refractivity contribution in [3.8, 4) is 0 Å². The summed E-state index contributed by atoms with van der Waals surface area (Å²) >= 11 is 3.36. The number of halogens is 1. The Morgan fingerprint density at radius 2 is 2.36 bits per heavy atom. The van der Waals surface area contributed by atoms with Gasteiger partial charge in [0, 0.05) is 17.1 Å². The van der Waals surface area contributed by atoms with Crippen LogP contribution in [0.2, 0.25) is 0 Å². The number of anilines is 1. The molecule has 2 heterocycles. The minimum absolute atomic E-state index is 0.255. The van der Waals surface area contributed by atoms with E-state index in [0.717, 1.165) is 16.7 Å². The highest BCUT2D eigenvalue weighted by atomic mass is 79.9. The highest BCUT2D eigenvalue weighted by molar-refractivity contribution is 9.10.